The Labute approximate surface area is 154 Å². The molecule has 138 valence electrons. The molecule has 1 amide bonds. The van der Waals surface area contributed by atoms with Gasteiger partial charge in [0.1, 0.15) is 0 Å². The highest BCUT2D eigenvalue weighted by molar-refractivity contribution is 5.73. The molecule has 1 aliphatic heterocycles. The molecule has 0 radical (unpaired) electrons. The van der Waals surface area contributed by atoms with Crippen molar-refractivity contribution >= 4 is 5.91 Å². The summed E-state index contributed by atoms with van der Waals surface area (Å²) >= 11 is 0. The van der Waals surface area contributed by atoms with E-state index in [1.54, 1.807) is 20.2 Å². The predicted octanol–water partition coefficient (Wildman–Crippen LogP) is 3.45. The van der Waals surface area contributed by atoms with Crippen molar-refractivity contribution in [2.75, 3.05) is 7.11 Å². The number of amides is 1. The van der Waals surface area contributed by atoms with E-state index in [0.29, 0.717) is 5.88 Å². The maximum Gasteiger partial charge on any atom is 0.218 e. The number of methoxy groups -OCH3 is 1. The van der Waals surface area contributed by atoms with Crippen LogP contribution >= 0.6 is 0 Å². The number of carbonyl (C=O) groups excluding carboxylic acids is 1. The SMILES string of the molecule is COc1ncccc1[C@@H]1C[C@H](NC(C)=O)C[C@H](CCc2ccccc2)O1. The Bertz CT molecular complexity index is 720. The number of aromatic nitrogens is 1. The summed E-state index contributed by atoms with van der Waals surface area (Å²) in [5, 5.41) is 3.07. The lowest BCUT2D eigenvalue weighted by molar-refractivity contribution is -0.122. The number of nitrogens with one attached hydrogen (secondary N) is 1. The average Bonchev–Trinajstić information content (AvgIpc) is 2.66. The first-order valence-electron chi connectivity index (χ1n) is 9.11. The number of pyridine rings is 1. The molecular formula is C21H26N2O3. The predicted molar refractivity (Wildman–Crippen MR) is 100 cm³/mol. The average molecular weight is 354 g/mol. The van der Waals surface area contributed by atoms with Crippen molar-refractivity contribution in [3.8, 4) is 5.88 Å². The third-order valence-electron chi connectivity index (χ3n) is 4.75. The maximum atomic E-state index is 11.6. The monoisotopic (exact) mass is 354 g/mol. The summed E-state index contributed by atoms with van der Waals surface area (Å²) in [4.78, 5) is 15.9. The van der Waals surface area contributed by atoms with E-state index in [0.717, 1.165) is 31.2 Å². The third kappa shape index (κ3) is 4.82. The summed E-state index contributed by atoms with van der Waals surface area (Å²) in [7, 11) is 1.62. The maximum absolute atomic E-state index is 11.6. The summed E-state index contributed by atoms with van der Waals surface area (Å²) in [5.74, 6) is 0.582. The number of ether oxygens (including phenoxy) is 2. The fourth-order valence-corrected chi connectivity index (χ4v) is 3.60. The van der Waals surface area contributed by atoms with Crippen molar-refractivity contribution in [2.45, 2.75) is 50.9 Å². The zero-order chi connectivity index (χ0) is 18.4. The Balaban J connectivity index is 1.73. The van der Waals surface area contributed by atoms with E-state index < -0.39 is 0 Å². The lowest BCUT2D eigenvalue weighted by atomic mass is 9.92. The van der Waals surface area contributed by atoms with Crippen molar-refractivity contribution in [3.05, 3.63) is 59.8 Å². The largest absolute Gasteiger partial charge is 0.481 e. The summed E-state index contributed by atoms with van der Waals surface area (Å²) in [6, 6.07) is 14.4. The van der Waals surface area contributed by atoms with E-state index in [2.05, 4.69) is 34.6 Å². The van der Waals surface area contributed by atoms with Crippen molar-refractivity contribution in [1.82, 2.24) is 10.3 Å². The molecule has 1 aromatic carbocycles. The molecule has 0 unspecified atom stereocenters. The van der Waals surface area contributed by atoms with Crippen LogP contribution < -0.4 is 10.1 Å². The minimum atomic E-state index is -0.134. The minimum Gasteiger partial charge on any atom is -0.481 e. The molecule has 2 heterocycles. The summed E-state index contributed by atoms with van der Waals surface area (Å²) in [6.07, 6.45) is 5.08. The highest BCUT2D eigenvalue weighted by atomic mass is 16.5. The standard InChI is InChI=1S/C21H26N2O3/c1-15(24)23-17-13-18(11-10-16-7-4-3-5-8-16)26-20(14-17)19-9-6-12-22-21(19)25-2/h3-9,12,17-18,20H,10-11,13-14H2,1-2H3,(H,23,24)/t17-,18+,20+/m1/s1. The number of carbonyl (C=O) groups is 1. The van der Waals surface area contributed by atoms with Gasteiger partial charge >= 0.3 is 0 Å². The lowest BCUT2D eigenvalue weighted by Crippen LogP contribution is -2.42. The molecule has 1 N–H and O–H groups in total. The van der Waals surface area contributed by atoms with Gasteiger partial charge < -0.3 is 14.8 Å². The second-order valence-electron chi connectivity index (χ2n) is 6.74. The molecule has 1 saturated heterocycles. The van der Waals surface area contributed by atoms with E-state index >= 15 is 0 Å². The van der Waals surface area contributed by atoms with Crippen LogP contribution in [-0.2, 0) is 16.0 Å². The molecule has 5 nitrogen and oxygen atoms in total. The van der Waals surface area contributed by atoms with Gasteiger partial charge in [-0.2, -0.15) is 0 Å². The van der Waals surface area contributed by atoms with Crippen molar-refractivity contribution in [3.63, 3.8) is 0 Å². The summed E-state index contributed by atoms with van der Waals surface area (Å²) < 4.78 is 11.8. The normalized spacial score (nSPS) is 22.6. The Morgan fingerprint density at radius 3 is 2.77 bits per heavy atom. The zero-order valence-electron chi connectivity index (χ0n) is 15.4. The molecule has 2 aromatic rings. The van der Waals surface area contributed by atoms with Crippen LogP contribution in [0.3, 0.4) is 0 Å². The van der Waals surface area contributed by atoms with Crippen LogP contribution in [0.4, 0.5) is 0 Å². The van der Waals surface area contributed by atoms with Crippen molar-refractivity contribution in [2.24, 2.45) is 0 Å². The molecule has 3 atom stereocenters. The van der Waals surface area contributed by atoms with Crippen LogP contribution in [0.5, 0.6) is 5.88 Å². The van der Waals surface area contributed by atoms with Gasteiger partial charge in [0.2, 0.25) is 11.8 Å². The number of nitrogens with zero attached hydrogens (tertiary/aromatic N) is 1. The van der Waals surface area contributed by atoms with Gasteiger partial charge in [0.15, 0.2) is 0 Å². The molecule has 1 fully saturated rings. The van der Waals surface area contributed by atoms with Gasteiger partial charge in [-0.3, -0.25) is 4.79 Å². The van der Waals surface area contributed by atoms with Crippen LogP contribution in [0, 0.1) is 0 Å². The zero-order valence-corrected chi connectivity index (χ0v) is 15.4. The fourth-order valence-electron chi connectivity index (χ4n) is 3.60. The minimum absolute atomic E-state index is 0.00406. The highest BCUT2D eigenvalue weighted by Gasteiger charge is 2.32. The van der Waals surface area contributed by atoms with Gasteiger partial charge in [-0.25, -0.2) is 4.98 Å². The summed E-state index contributed by atoms with van der Waals surface area (Å²) in [6.45, 7) is 1.56. The van der Waals surface area contributed by atoms with E-state index in [1.807, 2.05) is 18.2 Å². The number of hydrogen-bond acceptors (Lipinski definition) is 4. The van der Waals surface area contributed by atoms with Gasteiger partial charge in [-0.15, -0.1) is 0 Å². The Kier molecular flexibility index (Phi) is 6.23. The van der Waals surface area contributed by atoms with Gasteiger partial charge in [0.05, 0.1) is 19.3 Å². The van der Waals surface area contributed by atoms with E-state index in [9.17, 15) is 4.79 Å². The van der Waals surface area contributed by atoms with E-state index in [-0.39, 0.29) is 24.2 Å². The molecule has 5 heteroatoms. The molecular weight excluding hydrogens is 328 g/mol. The van der Waals surface area contributed by atoms with E-state index in [4.69, 9.17) is 9.47 Å². The van der Waals surface area contributed by atoms with Crippen LogP contribution in [0.1, 0.15) is 43.4 Å². The second-order valence-corrected chi connectivity index (χ2v) is 6.74. The van der Waals surface area contributed by atoms with E-state index in [1.165, 1.54) is 5.56 Å². The topological polar surface area (TPSA) is 60.5 Å². The number of aryl methyl sites for hydroxylation is 1. The molecule has 26 heavy (non-hydrogen) atoms. The first-order valence-corrected chi connectivity index (χ1v) is 9.11. The lowest BCUT2D eigenvalue weighted by Gasteiger charge is -2.36. The van der Waals surface area contributed by atoms with Gasteiger partial charge in [-0.05, 0) is 43.4 Å². The molecule has 0 bridgehead atoms. The van der Waals surface area contributed by atoms with Crippen molar-refractivity contribution in [1.29, 1.82) is 0 Å². The second kappa shape index (κ2) is 8.81. The highest BCUT2D eigenvalue weighted by Crippen LogP contribution is 2.36. The van der Waals surface area contributed by atoms with Crippen LogP contribution in [0.15, 0.2) is 48.7 Å². The number of hydrogen-bond donors (Lipinski definition) is 1. The molecule has 0 spiro atoms. The third-order valence-corrected chi connectivity index (χ3v) is 4.75. The molecule has 3 rings (SSSR count). The van der Waals surface area contributed by atoms with Crippen LogP contribution in [-0.4, -0.2) is 30.1 Å². The fraction of sp³-hybridized carbons (Fsp3) is 0.429. The quantitative estimate of drug-likeness (QED) is 0.863. The Hall–Kier alpha value is -2.40. The molecule has 0 aliphatic carbocycles. The summed E-state index contributed by atoms with van der Waals surface area (Å²) in [5.41, 5.74) is 2.24. The first kappa shape index (κ1) is 18.4. The van der Waals surface area contributed by atoms with Crippen LogP contribution in [0.2, 0.25) is 0 Å². The van der Waals surface area contributed by atoms with Crippen molar-refractivity contribution < 1.29 is 14.3 Å². The number of benzene rings is 1. The van der Waals surface area contributed by atoms with Gasteiger partial charge in [0, 0.05) is 24.7 Å². The van der Waals surface area contributed by atoms with Crippen LogP contribution in [0.25, 0.3) is 0 Å². The van der Waals surface area contributed by atoms with Gasteiger partial charge in [0.25, 0.3) is 0 Å². The number of rotatable bonds is 6. The smallest absolute Gasteiger partial charge is 0.218 e. The Morgan fingerprint density at radius 2 is 2.04 bits per heavy atom. The molecule has 1 aromatic heterocycles. The molecule has 1 aliphatic rings. The first-order chi connectivity index (χ1) is 12.7. The van der Waals surface area contributed by atoms with Gasteiger partial charge in [-0.1, -0.05) is 30.3 Å². The molecule has 0 saturated carbocycles. The Morgan fingerprint density at radius 1 is 1.23 bits per heavy atom.